The van der Waals surface area contributed by atoms with Crippen LogP contribution >= 0.6 is 11.7 Å². The Balaban J connectivity index is 1.72. The smallest absolute Gasteiger partial charge is 0.411 e. The van der Waals surface area contributed by atoms with Gasteiger partial charge in [0.25, 0.3) is 0 Å². The number of hydrogen-bond acceptors (Lipinski definition) is 12. The third-order valence-corrected chi connectivity index (χ3v) is 7.52. The van der Waals surface area contributed by atoms with E-state index in [0.29, 0.717) is 27.9 Å². The van der Waals surface area contributed by atoms with Crippen LogP contribution in [0, 0.1) is 5.82 Å². The predicted octanol–water partition coefficient (Wildman–Crippen LogP) is 4.55. The van der Waals surface area contributed by atoms with Gasteiger partial charge in [0.15, 0.2) is 23.1 Å². The van der Waals surface area contributed by atoms with Crippen molar-refractivity contribution < 1.29 is 47.2 Å². The first-order valence-corrected chi connectivity index (χ1v) is 14.3. The zero-order chi connectivity index (χ0) is 32.1. The summed E-state index contributed by atoms with van der Waals surface area (Å²) in [5.41, 5.74) is 2.37. The van der Waals surface area contributed by atoms with Gasteiger partial charge in [-0.15, -0.1) is 0 Å². The van der Waals surface area contributed by atoms with Gasteiger partial charge in [0.05, 0.1) is 45.2 Å². The highest BCUT2D eigenvalue weighted by atomic mass is 32.1. The van der Waals surface area contributed by atoms with E-state index in [1.165, 1.54) is 39.5 Å². The Labute approximate surface area is 261 Å². The van der Waals surface area contributed by atoms with Gasteiger partial charge in [-0.25, -0.2) is 14.0 Å². The fourth-order valence-electron chi connectivity index (χ4n) is 4.93. The normalized spacial score (nSPS) is 15.9. The quantitative estimate of drug-likeness (QED) is 0.231. The molecule has 0 radical (unpaired) electrons. The lowest BCUT2D eigenvalue weighted by Crippen LogP contribution is -2.41. The number of amides is 1. The molecular weight excluding hydrogens is 609 g/mol. The van der Waals surface area contributed by atoms with Gasteiger partial charge in [-0.2, -0.15) is 8.75 Å². The van der Waals surface area contributed by atoms with Crippen LogP contribution in [-0.2, 0) is 36.0 Å². The summed E-state index contributed by atoms with van der Waals surface area (Å²) in [7, 11) is 4.21. The number of rotatable bonds is 11. The summed E-state index contributed by atoms with van der Waals surface area (Å²) in [4.78, 5) is 39.1. The van der Waals surface area contributed by atoms with Crippen LogP contribution in [0.2, 0.25) is 0 Å². The highest BCUT2D eigenvalue weighted by Gasteiger charge is 2.53. The number of alkyl carbamates (subject to hydrolysis) is 1. The van der Waals surface area contributed by atoms with Crippen molar-refractivity contribution in [2.75, 3.05) is 34.5 Å². The number of ether oxygens (including phenoxy) is 6. The second-order valence-corrected chi connectivity index (χ2v) is 10.1. The molecule has 0 aliphatic carbocycles. The number of nitrogens with zero attached hydrogens (tertiary/aromatic N) is 2. The molecule has 14 heteroatoms. The van der Waals surface area contributed by atoms with Crippen LogP contribution in [0.15, 0.2) is 60.2 Å². The molecule has 1 aliphatic heterocycles. The van der Waals surface area contributed by atoms with E-state index in [2.05, 4.69) is 14.1 Å². The van der Waals surface area contributed by atoms with Crippen LogP contribution < -0.4 is 19.5 Å². The number of nitrogens with one attached hydrogen (secondary N) is 1. The van der Waals surface area contributed by atoms with Gasteiger partial charge in [0.1, 0.15) is 17.6 Å². The maximum Gasteiger partial charge on any atom is 0.411 e. The summed E-state index contributed by atoms with van der Waals surface area (Å²) in [6.45, 7) is 1.22. The molecule has 45 heavy (non-hydrogen) atoms. The first-order chi connectivity index (χ1) is 21.7. The van der Waals surface area contributed by atoms with Crippen molar-refractivity contribution >= 4 is 46.4 Å². The summed E-state index contributed by atoms with van der Waals surface area (Å²) >= 11 is 1.01. The van der Waals surface area contributed by atoms with E-state index >= 15 is 0 Å². The SMILES string of the molecule is CCOC(=O)CNC(=O)OC1(c2ccc(OC)c(OC)c2)OC(=O)C(c2ccc3nsnc3c2)=C1Cc1ccc(OC)c(F)c1. The molecule has 234 valence electrons. The molecule has 5 rings (SSSR count). The number of hydrogen-bond donors (Lipinski definition) is 1. The predicted molar refractivity (Wildman–Crippen MR) is 159 cm³/mol. The Morgan fingerprint density at radius 2 is 1.67 bits per heavy atom. The maximum absolute atomic E-state index is 14.9. The third kappa shape index (κ3) is 6.22. The van der Waals surface area contributed by atoms with Crippen molar-refractivity contribution in [2.24, 2.45) is 0 Å². The van der Waals surface area contributed by atoms with E-state index in [9.17, 15) is 18.8 Å². The molecule has 1 amide bonds. The monoisotopic (exact) mass is 637 g/mol. The van der Waals surface area contributed by atoms with Gasteiger partial charge in [-0.1, -0.05) is 12.1 Å². The second kappa shape index (κ2) is 13.2. The van der Waals surface area contributed by atoms with E-state index < -0.39 is 36.2 Å². The summed E-state index contributed by atoms with van der Waals surface area (Å²) in [6, 6.07) is 13.9. The third-order valence-electron chi connectivity index (χ3n) is 6.96. The van der Waals surface area contributed by atoms with Crippen LogP contribution in [0.4, 0.5) is 9.18 Å². The number of aromatic nitrogens is 2. The van der Waals surface area contributed by atoms with Crippen molar-refractivity contribution in [3.63, 3.8) is 0 Å². The topological polar surface area (TPSA) is 144 Å². The van der Waals surface area contributed by atoms with Crippen molar-refractivity contribution in [3.05, 3.63) is 82.7 Å². The van der Waals surface area contributed by atoms with Gasteiger partial charge in [-0.05, 0) is 60.5 Å². The number of carbonyl (C=O) groups excluding carboxylic acids is 3. The fourth-order valence-corrected chi connectivity index (χ4v) is 5.45. The Bertz CT molecular complexity index is 1810. The zero-order valence-electron chi connectivity index (χ0n) is 24.7. The van der Waals surface area contributed by atoms with E-state index in [0.717, 1.165) is 11.7 Å². The van der Waals surface area contributed by atoms with Crippen molar-refractivity contribution in [3.8, 4) is 17.2 Å². The highest BCUT2D eigenvalue weighted by molar-refractivity contribution is 7.00. The molecule has 2 heterocycles. The van der Waals surface area contributed by atoms with Gasteiger partial charge >= 0.3 is 23.8 Å². The van der Waals surface area contributed by atoms with Crippen LogP contribution in [0.25, 0.3) is 16.6 Å². The molecule has 4 aromatic rings. The Hall–Kier alpha value is -5.24. The lowest BCUT2D eigenvalue weighted by atomic mass is 9.87. The average molecular weight is 638 g/mol. The first kappa shape index (κ1) is 31.2. The fraction of sp³-hybridized carbons (Fsp3) is 0.258. The standard InChI is InChI=1S/C31H28FN3O9S/c1-5-42-27(36)16-33-30(38)44-31(19-8-11-25(40-3)26(15-19)41-4)20(12-17-6-10-24(39-2)21(32)13-17)28(29(37)43-31)18-7-9-22-23(14-18)35-45-34-22/h6-11,13-15H,5,12,16H2,1-4H3,(H,33,38). The second-order valence-electron chi connectivity index (χ2n) is 9.59. The van der Waals surface area contributed by atoms with Gasteiger partial charge in [0.2, 0.25) is 0 Å². The zero-order valence-corrected chi connectivity index (χ0v) is 25.5. The van der Waals surface area contributed by atoms with Crippen molar-refractivity contribution in [1.82, 2.24) is 14.1 Å². The minimum Gasteiger partial charge on any atom is -0.494 e. The maximum atomic E-state index is 14.9. The van der Waals surface area contributed by atoms with Gasteiger partial charge in [0, 0.05) is 17.6 Å². The molecule has 12 nitrogen and oxygen atoms in total. The van der Waals surface area contributed by atoms with E-state index in [4.69, 9.17) is 28.4 Å². The Kier molecular flexibility index (Phi) is 9.13. The Morgan fingerprint density at radius 1 is 0.933 bits per heavy atom. The summed E-state index contributed by atoms with van der Waals surface area (Å²) in [6.07, 6.45) is -1.21. The van der Waals surface area contributed by atoms with Crippen LogP contribution in [0.3, 0.4) is 0 Å². The van der Waals surface area contributed by atoms with Crippen LogP contribution in [0.5, 0.6) is 17.2 Å². The molecule has 3 aromatic carbocycles. The molecule has 0 fully saturated rings. The molecule has 1 aromatic heterocycles. The highest BCUT2D eigenvalue weighted by Crippen LogP contribution is 2.49. The van der Waals surface area contributed by atoms with Gasteiger partial charge in [-0.3, -0.25) is 4.79 Å². The van der Waals surface area contributed by atoms with E-state index in [1.54, 1.807) is 43.3 Å². The van der Waals surface area contributed by atoms with Crippen molar-refractivity contribution in [2.45, 2.75) is 19.1 Å². The number of esters is 2. The number of methoxy groups -OCH3 is 3. The number of halogens is 1. The molecule has 1 N–H and O–H groups in total. The average Bonchev–Trinajstić information content (AvgIpc) is 3.61. The molecule has 0 saturated carbocycles. The number of fused-ring (bicyclic) bond motifs is 1. The summed E-state index contributed by atoms with van der Waals surface area (Å²) < 4.78 is 56.1. The molecule has 1 unspecified atom stereocenters. The molecule has 1 atom stereocenters. The molecular formula is C31H28FN3O9S. The summed E-state index contributed by atoms with van der Waals surface area (Å²) in [5, 5.41) is 2.34. The largest absolute Gasteiger partial charge is 0.494 e. The van der Waals surface area contributed by atoms with Crippen LogP contribution in [0.1, 0.15) is 23.6 Å². The lowest BCUT2D eigenvalue weighted by Gasteiger charge is -2.31. The Morgan fingerprint density at radius 3 is 2.38 bits per heavy atom. The molecule has 0 spiro atoms. The van der Waals surface area contributed by atoms with E-state index in [1.807, 2.05) is 0 Å². The lowest BCUT2D eigenvalue weighted by molar-refractivity contribution is -0.185. The minimum absolute atomic E-state index is 0.0222. The van der Waals surface area contributed by atoms with E-state index in [-0.39, 0.29) is 41.2 Å². The molecule has 0 saturated heterocycles. The van der Waals surface area contributed by atoms with Crippen LogP contribution in [-0.4, -0.2) is 61.3 Å². The van der Waals surface area contributed by atoms with Crippen molar-refractivity contribution in [1.29, 1.82) is 0 Å². The number of cyclic esters (lactones) is 1. The summed E-state index contributed by atoms with van der Waals surface area (Å²) in [5.74, 6) is -3.73. The molecule has 0 bridgehead atoms. The number of carbonyl (C=O) groups is 3. The minimum atomic E-state index is -2.20. The van der Waals surface area contributed by atoms with Gasteiger partial charge < -0.3 is 33.7 Å². The first-order valence-electron chi connectivity index (χ1n) is 13.6. The number of benzene rings is 3. The molecule has 1 aliphatic rings.